The number of hydrogen-bond donors (Lipinski definition) is 0. The molecule has 0 unspecified atom stereocenters. The summed E-state index contributed by atoms with van der Waals surface area (Å²) in [5.41, 5.74) is 0.450. The number of carbonyl (C=O) groups is 2. The van der Waals surface area contributed by atoms with Crippen molar-refractivity contribution in [2.24, 2.45) is 0 Å². The van der Waals surface area contributed by atoms with Crippen molar-refractivity contribution >= 4 is 35.1 Å². The number of alkyl halides is 1. The third-order valence-corrected chi connectivity index (χ3v) is 3.34. The van der Waals surface area contributed by atoms with E-state index >= 15 is 0 Å². The van der Waals surface area contributed by atoms with Gasteiger partial charge in [-0.1, -0.05) is 11.6 Å². The van der Waals surface area contributed by atoms with Crippen LogP contribution < -0.4 is 0 Å². The summed E-state index contributed by atoms with van der Waals surface area (Å²) in [5, 5.41) is 0.0691. The van der Waals surface area contributed by atoms with Gasteiger partial charge in [0.1, 0.15) is 0 Å². The van der Waals surface area contributed by atoms with Gasteiger partial charge in [-0.25, -0.2) is 4.79 Å². The maximum Gasteiger partial charge on any atom is 0.526 e. The largest absolute Gasteiger partial charge is 0.526 e. The van der Waals surface area contributed by atoms with E-state index in [1.807, 2.05) is 0 Å². The predicted octanol–water partition coefficient (Wildman–Crippen LogP) is 1.49. The predicted molar refractivity (Wildman–Crippen MR) is 58.2 cm³/mol. The number of quaternary nitrogens is 2. The maximum absolute atomic E-state index is 12.1. The molecule has 0 aromatic carbocycles. The molecule has 0 aromatic rings. The van der Waals surface area contributed by atoms with Gasteiger partial charge in [0.05, 0.1) is 34.1 Å². The van der Waals surface area contributed by atoms with Crippen LogP contribution in [-0.4, -0.2) is 55.0 Å². The molecule has 0 atom stereocenters. The zero-order valence-corrected chi connectivity index (χ0v) is 10.7. The van der Waals surface area contributed by atoms with Crippen molar-refractivity contribution < 1.29 is 18.6 Å². The van der Waals surface area contributed by atoms with Crippen LogP contribution in [0.4, 0.5) is 4.79 Å². The van der Waals surface area contributed by atoms with Crippen LogP contribution in [0.2, 0.25) is 0 Å². The van der Waals surface area contributed by atoms with Gasteiger partial charge in [0.15, 0.2) is 5.70 Å². The van der Waals surface area contributed by atoms with Gasteiger partial charge in [-0.3, -0.25) is 0 Å². The summed E-state index contributed by atoms with van der Waals surface area (Å²) in [6, 6.07) is -0.250. The number of nitrogens with zero attached hydrogens (tertiary/aromatic N) is 2. The Bertz CT molecular complexity index is 372. The van der Waals surface area contributed by atoms with E-state index in [0.29, 0.717) is 5.70 Å². The van der Waals surface area contributed by atoms with Crippen LogP contribution in [0.5, 0.6) is 0 Å². The Morgan fingerprint density at radius 1 is 1.07 bits per heavy atom. The van der Waals surface area contributed by atoms with Crippen molar-refractivity contribution in [1.29, 1.82) is 0 Å². The van der Waals surface area contributed by atoms with Crippen molar-refractivity contribution in [3.8, 4) is 0 Å². The molecule has 0 aromatic heterocycles. The van der Waals surface area contributed by atoms with Crippen molar-refractivity contribution in [3.63, 3.8) is 0 Å². The molecule has 1 heterocycles. The molecular formula is C9H14Cl2N2O2+2. The van der Waals surface area contributed by atoms with E-state index in [4.69, 9.17) is 23.2 Å². The third-order valence-electron chi connectivity index (χ3n) is 2.71. The molecule has 3 amide bonds. The maximum atomic E-state index is 12.1. The highest BCUT2D eigenvalue weighted by Gasteiger charge is 2.56. The summed E-state index contributed by atoms with van der Waals surface area (Å²) < 4.78 is -0.465. The summed E-state index contributed by atoms with van der Waals surface area (Å²) in [7, 11) is 6.40. The average Bonchev–Trinajstić information content (AvgIpc) is 2.14. The molecule has 1 rings (SSSR count). The average molecular weight is 253 g/mol. The molecule has 1 aliphatic rings. The van der Waals surface area contributed by atoms with Crippen molar-refractivity contribution in [1.82, 2.24) is 0 Å². The number of amides is 3. The SMILES string of the molecule is C[N+]1(C)C(=O)C(Cl)=C(CCl)[N+](C)(C)C1=O. The lowest BCUT2D eigenvalue weighted by Gasteiger charge is -2.36. The van der Waals surface area contributed by atoms with Gasteiger partial charge in [-0.05, 0) is 0 Å². The Kier molecular flexibility index (Phi) is 3.00. The fraction of sp³-hybridized carbons (Fsp3) is 0.556. The second-order valence-corrected chi connectivity index (χ2v) is 5.03. The number of rotatable bonds is 1. The molecule has 0 saturated heterocycles. The van der Waals surface area contributed by atoms with Crippen LogP contribution in [0.15, 0.2) is 10.7 Å². The van der Waals surface area contributed by atoms with Gasteiger partial charge in [0.25, 0.3) is 0 Å². The quantitative estimate of drug-likeness (QED) is 0.524. The van der Waals surface area contributed by atoms with Crippen LogP contribution in [0.3, 0.4) is 0 Å². The minimum Gasteiger partial charge on any atom is -0.223 e. The highest BCUT2D eigenvalue weighted by molar-refractivity contribution is 6.42. The van der Waals surface area contributed by atoms with Crippen molar-refractivity contribution in [2.75, 3.05) is 34.1 Å². The van der Waals surface area contributed by atoms with E-state index in [-0.39, 0.29) is 25.9 Å². The van der Waals surface area contributed by atoms with Crippen molar-refractivity contribution in [3.05, 3.63) is 10.7 Å². The Labute approximate surface area is 98.8 Å². The summed E-state index contributed by atoms with van der Waals surface area (Å²) in [4.78, 5) is 23.9. The van der Waals surface area contributed by atoms with E-state index in [9.17, 15) is 9.59 Å². The minimum atomic E-state index is -0.408. The fourth-order valence-electron chi connectivity index (χ4n) is 1.65. The first-order valence-electron chi connectivity index (χ1n) is 4.40. The first-order chi connectivity index (χ1) is 6.67. The van der Waals surface area contributed by atoms with E-state index in [2.05, 4.69) is 0 Å². The molecule has 1 aliphatic heterocycles. The number of imide groups is 1. The molecule has 0 N–H and O–H groups in total. The lowest BCUT2D eigenvalue weighted by atomic mass is 10.2. The van der Waals surface area contributed by atoms with Crippen LogP contribution in [0.25, 0.3) is 0 Å². The van der Waals surface area contributed by atoms with Gasteiger partial charge in [-0.2, -0.15) is 9.28 Å². The number of halogens is 2. The van der Waals surface area contributed by atoms with Gasteiger partial charge in [-0.15, -0.1) is 16.1 Å². The number of allylic oxidation sites excluding steroid dienone is 1. The van der Waals surface area contributed by atoms with E-state index < -0.39 is 5.91 Å². The molecule has 15 heavy (non-hydrogen) atoms. The van der Waals surface area contributed by atoms with Gasteiger partial charge in [0.2, 0.25) is 5.03 Å². The number of likely N-dealkylation sites (N-methyl/N-ethyl adjacent to an activating group) is 1. The zero-order valence-electron chi connectivity index (χ0n) is 9.17. The Hall–Kier alpha value is -0.420. The second-order valence-electron chi connectivity index (χ2n) is 4.39. The molecule has 4 nitrogen and oxygen atoms in total. The standard InChI is InChI=1S/C9H14Cl2N2O2/c1-12(2)6(5-10)7(11)8(14)13(3,4)9(12)15/h5H2,1-4H3/q+2. The lowest BCUT2D eigenvalue weighted by Crippen LogP contribution is -2.66. The topological polar surface area (TPSA) is 34.1 Å². The summed E-state index contributed by atoms with van der Waals surface area (Å²) in [5.74, 6) is -0.335. The summed E-state index contributed by atoms with van der Waals surface area (Å²) >= 11 is 11.6. The Morgan fingerprint density at radius 2 is 1.53 bits per heavy atom. The van der Waals surface area contributed by atoms with Crippen molar-refractivity contribution in [2.45, 2.75) is 0 Å². The van der Waals surface area contributed by atoms with Gasteiger partial charge >= 0.3 is 11.9 Å². The normalized spacial score (nSPS) is 24.7. The molecule has 6 heteroatoms. The van der Waals surface area contributed by atoms with E-state index in [0.717, 1.165) is 0 Å². The minimum absolute atomic E-state index is 0.0691. The van der Waals surface area contributed by atoms with Crippen LogP contribution >= 0.6 is 23.2 Å². The second kappa shape index (κ2) is 3.56. The number of carbonyl (C=O) groups excluding carboxylic acids is 2. The Morgan fingerprint density at radius 3 is 1.93 bits per heavy atom. The van der Waals surface area contributed by atoms with Crippen LogP contribution in [0.1, 0.15) is 0 Å². The third kappa shape index (κ3) is 1.61. The van der Waals surface area contributed by atoms with E-state index in [1.54, 1.807) is 14.1 Å². The Balaban J connectivity index is 3.48. The van der Waals surface area contributed by atoms with Gasteiger partial charge < -0.3 is 0 Å². The molecule has 0 bridgehead atoms. The molecule has 0 radical (unpaired) electrons. The summed E-state index contributed by atoms with van der Waals surface area (Å²) in [6.07, 6.45) is 0. The number of urea groups is 1. The summed E-state index contributed by atoms with van der Waals surface area (Å²) in [6.45, 7) is 0. The molecule has 0 fully saturated rings. The molecule has 0 spiro atoms. The van der Waals surface area contributed by atoms with Gasteiger partial charge in [0, 0.05) is 0 Å². The van der Waals surface area contributed by atoms with E-state index in [1.165, 1.54) is 14.1 Å². The highest BCUT2D eigenvalue weighted by Crippen LogP contribution is 2.31. The first-order valence-corrected chi connectivity index (χ1v) is 5.31. The molecule has 84 valence electrons. The van der Waals surface area contributed by atoms with Crippen LogP contribution in [-0.2, 0) is 4.79 Å². The molecular weight excluding hydrogens is 239 g/mol. The number of hydrogen-bond acceptors (Lipinski definition) is 2. The zero-order chi connectivity index (χ0) is 12.0. The molecule has 0 saturated carbocycles. The fourth-order valence-corrected chi connectivity index (χ4v) is 2.64. The highest BCUT2D eigenvalue weighted by atomic mass is 35.5. The first kappa shape index (κ1) is 12.6. The lowest BCUT2D eigenvalue weighted by molar-refractivity contribution is -0.885. The monoisotopic (exact) mass is 252 g/mol. The smallest absolute Gasteiger partial charge is 0.223 e. The molecule has 0 aliphatic carbocycles. The van der Waals surface area contributed by atoms with Crippen LogP contribution in [0, 0.1) is 0 Å².